The largest absolute Gasteiger partial charge is 0.486 e. The number of nitrogens with one attached hydrogen (secondary N) is 1. The van der Waals surface area contributed by atoms with E-state index in [0.29, 0.717) is 33.7 Å². The van der Waals surface area contributed by atoms with Gasteiger partial charge in [0.25, 0.3) is 11.6 Å². The van der Waals surface area contributed by atoms with E-state index in [1.807, 2.05) is 0 Å². The van der Waals surface area contributed by atoms with Crippen LogP contribution in [-0.2, 0) is 13.2 Å². The van der Waals surface area contributed by atoms with E-state index in [1.165, 1.54) is 18.2 Å². The van der Waals surface area contributed by atoms with E-state index in [9.17, 15) is 14.9 Å². The van der Waals surface area contributed by atoms with E-state index < -0.39 is 10.8 Å². The number of aromatic nitrogens is 2. The Hall–Kier alpha value is -3.53. The van der Waals surface area contributed by atoms with E-state index in [-0.39, 0.29) is 28.9 Å². The van der Waals surface area contributed by atoms with Crippen molar-refractivity contribution < 1.29 is 18.9 Å². The summed E-state index contributed by atoms with van der Waals surface area (Å²) in [6.07, 6.45) is 1.57. The summed E-state index contributed by atoms with van der Waals surface area (Å²) in [5.41, 5.74) is 1.26. The normalized spacial score (nSPS) is 10.9. The molecule has 2 aromatic heterocycles. The Bertz CT molecular complexity index is 1420. The molecule has 0 spiro atoms. The van der Waals surface area contributed by atoms with Crippen molar-refractivity contribution in [1.29, 1.82) is 0 Å². The molecule has 1 amide bonds. The summed E-state index contributed by atoms with van der Waals surface area (Å²) in [5.74, 6) is 0.486. The summed E-state index contributed by atoms with van der Waals surface area (Å²) >= 11 is 18.4. The summed E-state index contributed by atoms with van der Waals surface area (Å²) in [6, 6.07) is 12.6. The summed E-state index contributed by atoms with van der Waals surface area (Å²) in [6.45, 7) is 1.98. The van der Waals surface area contributed by atoms with Gasteiger partial charge in [0.2, 0.25) is 0 Å². The number of hydrogen-bond acceptors (Lipinski definition) is 6. The maximum atomic E-state index is 12.6. The number of furan rings is 1. The molecule has 0 atom stereocenters. The molecule has 180 valence electrons. The number of carbonyl (C=O) groups excluding carboxylic acids is 1. The predicted octanol–water partition coefficient (Wildman–Crippen LogP) is 6.53. The number of nitro groups is 1. The van der Waals surface area contributed by atoms with Gasteiger partial charge in [-0.1, -0.05) is 40.9 Å². The molecule has 12 heteroatoms. The molecule has 9 nitrogen and oxygen atoms in total. The fourth-order valence-corrected chi connectivity index (χ4v) is 3.88. The van der Waals surface area contributed by atoms with Crippen LogP contribution in [0.5, 0.6) is 5.75 Å². The predicted molar refractivity (Wildman–Crippen MR) is 132 cm³/mol. The van der Waals surface area contributed by atoms with Gasteiger partial charge in [-0.05, 0) is 48.9 Å². The molecule has 4 rings (SSSR count). The van der Waals surface area contributed by atoms with Crippen LogP contribution in [-0.4, -0.2) is 20.6 Å². The average Bonchev–Trinajstić information content (AvgIpc) is 3.41. The van der Waals surface area contributed by atoms with Crippen LogP contribution >= 0.6 is 34.8 Å². The number of amides is 1. The number of halogens is 3. The van der Waals surface area contributed by atoms with Crippen molar-refractivity contribution in [1.82, 2.24) is 9.78 Å². The zero-order valence-electron chi connectivity index (χ0n) is 18.1. The third kappa shape index (κ3) is 5.94. The molecule has 0 saturated carbocycles. The first kappa shape index (κ1) is 24.6. The van der Waals surface area contributed by atoms with Crippen LogP contribution in [0.2, 0.25) is 15.1 Å². The van der Waals surface area contributed by atoms with Gasteiger partial charge in [-0.2, -0.15) is 5.10 Å². The van der Waals surface area contributed by atoms with Gasteiger partial charge < -0.3 is 14.5 Å². The Kier molecular flexibility index (Phi) is 7.30. The molecule has 0 unspecified atom stereocenters. The van der Waals surface area contributed by atoms with E-state index in [0.717, 1.165) is 5.56 Å². The van der Waals surface area contributed by atoms with Crippen molar-refractivity contribution in [3.63, 3.8) is 0 Å². The molecule has 0 fully saturated rings. The summed E-state index contributed by atoms with van der Waals surface area (Å²) in [5, 5.41) is 19.1. The van der Waals surface area contributed by atoms with Crippen LogP contribution < -0.4 is 10.1 Å². The number of nitrogens with zero attached hydrogens (tertiary/aromatic N) is 3. The molecule has 0 aliphatic carbocycles. The highest BCUT2D eigenvalue weighted by Crippen LogP contribution is 2.26. The van der Waals surface area contributed by atoms with Gasteiger partial charge in [-0.3, -0.25) is 19.6 Å². The first-order chi connectivity index (χ1) is 16.7. The highest BCUT2D eigenvalue weighted by atomic mass is 35.5. The third-order valence-corrected chi connectivity index (χ3v) is 5.79. The molecule has 35 heavy (non-hydrogen) atoms. The van der Waals surface area contributed by atoms with Gasteiger partial charge >= 0.3 is 0 Å². The number of nitro benzene ring substituents is 1. The minimum Gasteiger partial charge on any atom is -0.486 e. The number of rotatable bonds is 8. The van der Waals surface area contributed by atoms with Gasteiger partial charge in [-0.15, -0.1) is 0 Å². The van der Waals surface area contributed by atoms with Crippen molar-refractivity contribution in [2.75, 3.05) is 5.32 Å². The fourth-order valence-electron chi connectivity index (χ4n) is 3.21. The highest BCUT2D eigenvalue weighted by Gasteiger charge is 2.17. The lowest BCUT2D eigenvalue weighted by atomic mass is 10.2. The Morgan fingerprint density at radius 1 is 1.14 bits per heavy atom. The standard InChI is InChI=1S/C23H17Cl3N4O5/c1-13-8-16(4-6-20(13)30(32)33)34-12-17-5-7-21(35-17)23(31)27-22-19(26)11-29(28-22)10-14-2-3-15(24)9-18(14)25/h2-9,11H,10,12H2,1H3,(H,27,28,31). The number of hydrogen-bond donors (Lipinski definition) is 1. The maximum absolute atomic E-state index is 12.6. The van der Waals surface area contributed by atoms with Gasteiger partial charge in [0, 0.05) is 27.9 Å². The lowest BCUT2D eigenvalue weighted by Gasteiger charge is -2.06. The van der Waals surface area contributed by atoms with Crippen molar-refractivity contribution in [3.05, 3.63) is 103 Å². The number of ether oxygens (including phenoxy) is 1. The number of benzene rings is 2. The van der Waals surface area contributed by atoms with Gasteiger partial charge in [-0.25, -0.2) is 0 Å². The van der Waals surface area contributed by atoms with Crippen molar-refractivity contribution >= 4 is 52.2 Å². The molecule has 4 aromatic rings. The Balaban J connectivity index is 1.37. The smallest absolute Gasteiger partial charge is 0.292 e. The molecule has 0 radical (unpaired) electrons. The lowest BCUT2D eigenvalue weighted by Crippen LogP contribution is -2.12. The van der Waals surface area contributed by atoms with Crippen LogP contribution in [0.1, 0.15) is 27.4 Å². The summed E-state index contributed by atoms with van der Waals surface area (Å²) in [7, 11) is 0. The minimum absolute atomic E-state index is 0.00618. The molecule has 2 aromatic carbocycles. The van der Waals surface area contributed by atoms with E-state index >= 15 is 0 Å². The molecule has 1 N–H and O–H groups in total. The van der Waals surface area contributed by atoms with Gasteiger partial charge in [0.1, 0.15) is 23.1 Å². The third-order valence-electron chi connectivity index (χ3n) is 4.93. The Morgan fingerprint density at radius 2 is 1.94 bits per heavy atom. The Labute approximate surface area is 214 Å². The van der Waals surface area contributed by atoms with Crippen molar-refractivity contribution in [2.45, 2.75) is 20.1 Å². The van der Waals surface area contributed by atoms with E-state index in [2.05, 4.69) is 10.4 Å². The maximum Gasteiger partial charge on any atom is 0.292 e. The number of carbonyl (C=O) groups is 1. The molecule has 2 heterocycles. The number of aryl methyl sites for hydroxylation is 1. The highest BCUT2D eigenvalue weighted by molar-refractivity contribution is 6.35. The van der Waals surface area contributed by atoms with Crippen molar-refractivity contribution in [2.24, 2.45) is 0 Å². The van der Waals surface area contributed by atoms with Crippen LogP contribution in [0.4, 0.5) is 11.5 Å². The average molecular weight is 536 g/mol. The molecule has 0 bridgehead atoms. The first-order valence-corrected chi connectivity index (χ1v) is 11.3. The van der Waals surface area contributed by atoms with Crippen LogP contribution in [0.15, 0.2) is 59.1 Å². The minimum atomic E-state index is -0.542. The van der Waals surface area contributed by atoms with E-state index in [4.69, 9.17) is 44.0 Å². The van der Waals surface area contributed by atoms with Crippen LogP contribution in [0, 0.1) is 17.0 Å². The topological polar surface area (TPSA) is 112 Å². The number of anilines is 1. The second-order valence-electron chi connectivity index (χ2n) is 7.47. The summed E-state index contributed by atoms with van der Waals surface area (Å²) < 4.78 is 12.7. The van der Waals surface area contributed by atoms with Crippen molar-refractivity contribution in [3.8, 4) is 5.75 Å². The molecular weight excluding hydrogens is 519 g/mol. The quantitative estimate of drug-likeness (QED) is 0.203. The van der Waals surface area contributed by atoms with Crippen LogP contribution in [0.3, 0.4) is 0 Å². The first-order valence-electron chi connectivity index (χ1n) is 10.1. The fraction of sp³-hybridized carbons (Fsp3) is 0.130. The SMILES string of the molecule is Cc1cc(OCc2ccc(C(=O)Nc3nn(Cc4ccc(Cl)cc4Cl)cc3Cl)o2)ccc1[N+](=O)[O-]. The zero-order valence-corrected chi connectivity index (χ0v) is 20.4. The summed E-state index contributed by atoms with van der Waals surface area (Å²) in [4.78, 5) is 23.1. The Morgan fingerprint density at radius 3 is 2.66 bits per heavy atom. The zero-order chi connectivity index (χ0) is 25.1. The monoisotopic (exact) mass is 534 g/mol. The van der Waals surface area contributed by atoms with Gasteiger partial charge in [0.15, 0.2) is 11.6 Å². The van der Waals surface area contributed by atoms with E-state index in [1.54, 1.807) is 48.1 Å². The lowest BCUT2D eigenvalue weighted by molar-refractivity contribution is -0.385. The molecule has 0 aliphatic heterocycles. The second-order valence-corrected chi connectivity index (χ2v) is 8.72. The molecule has 0 aliphatic rings. The van der Waals surface area contributed by atoms with Gasteiger partial charge in [0.05, 0.1) is 11.5 Å². The molecule has 0 saturated heterocycles. The molecular formula is C23H17Cl3N4O5. The second kappa shape index (κ2) is 10.4. The van der Waals surface area contributed by atoms with Crippen LogP contribution in [0.25, 0.3) is 0 Å².